The number of benzene rings is 1. The highest BCUT2D eigenvalue weighted by molar-refractivity contribution is 8.01. The molecule has 1 aromatic carbocycles. The smallest absolute Gasteiger partial charge is 0.0729 e. The number of aryl methyl sites for hydroxylation is 1. The highest BCUT2D eigenvalue weighted by Gasteiger charge is 2.41. The zero-order valence-corrected chi connectivity index (χ0v) is 12.6. The van der Waals surface area contributed by atoms with Gasteiger partial charge in [0.15, 0.2) is 0 Å². The van der Waals surface area contributed by atoms with Crippen molar-refractivity contribution in [2.75, 3.05) is 4.90 Å². The molecule has 1 aromatic rings. The topological polar surface area (TPSA) is 3.24 Å². The summed E-state index contributed by atoms with van der Waals surface area (Å²) in [5.74, 6) is 0.680. The molecule has 0 aromatic heterocycles. The Bertz CT molecular complexity index is 525. The Morgan fingerprint density at radius 2 is 2.00 bits per heavy atom. The van der Waals surface area contributed by atoms with Crippen LogP contribution in [0.25, 0.3) is 0 Å². The Labute approximate surface area is 126 Å². The van der Waals surface area contributed by atoms with E-state index in [-0.39, 0.29) is 6.04 Å². The largest absolute Gasteiger partial charge is 0.356 e. The summed E-state index contributed by atoms with van der Waals surface area (Å²) in [6.07, 6.45) is 5.13. The van der Waals surface area contributed by atoms with Gasteiger partial charge in [0.1, 0.15) is 0 Å². The third-order valence-electron chi connectivity index (χ3n) is 4.71. The maximum absolute atomic E-state index is 8.00. The molecule has 1 aliphatic carbocycles. The van der Waals surface area contributed by atoms with Crippen molar-refractivity contribution >= 4 is 17.4 Å². The van der Waals surface area contributed by atoms with Crippen molar-refractivity contribution in [3.05, 3.63) is 29.8 Å². The normalized spacial score (nSPS) is 35.2. The first-order chi connectivity index (χ1) is 10.4. The summed E-state index contributed by atoms with van der Waals surface area (Å²) in [6.45, 7) is 2.34. The van der Waals surface area contributed by atoms with E-state index in [0.717, 1.165) is 11.3 Å². The lowest BCUT2D eigenvalue weighted by Gasteiger charge is -2.31. The second-order valence-electron chi connectivity index (χ2n) is 5.93. The molecule has 1 heterocycles. The standard InChI is InChI=1S/C17H25NS/c1-12-8-4-7-11-16(12)18-13(2)17(19-14(18)3)15-9-5-6-10-15/h4,7-8,11,13-15,17H,5-6,9-10H2,1-3H3/t13-,14?,17?/m0/s1/i3D3. The Hall–Kier alpha value is -0.630. The van der Waals surface area contributed by atoms with Crippen LogP contribution in [0.3, 0.4) is 0 Å². The summed E-state index contributed by atoms with van der Waals surface area (Å²) < 4.78 is 24.0. The molecule has 1 nitrogen and oxygen atoms in total. The summed E-state index contributed by atoms with van der Waals surface area (Å²) in [4.78, 5) is 2.18. The van der Waals surface area contributed by atoms with Crippen molar-refractivity contribution < 1.29 is 4.11 Å². The minimum Gasteiger partial charge on any atom is -0.356 e. The number of rotatable bonds is 2. The fourth-order valence-corrected chi connectivity index (χ4v) is 5.28. The molecule has 19 heavy (non-hydrogen) atoms. The quantitative estimate of drug-likeness (QED) is 0.761. The zero-order chi connectivity index (χ0) is 15.9. The molecule has 1 saturated heterocycles. The van der Waals surface area contributed by atoms with E-state index in [1.165, 1.54) is 25.7 Å². The number of hydrogen-bond donors (Lipinski definition) is 0. The molecule has 2 unspecified atom stereocenters. The minimum atomic E-state index is -1.95. The van der Waals surface area contributed by atoms with E-state index in [1.807, 2.05) is 12.1 Å². The number of thioether (sulfide) groups is 1. The van der Waals surface area contributed by atoms with Gasteiger partial charge in [-0.2, -0.15) is 0 Å². The van der Waals surface area contributed by atoms with Crippen LogP contribution in [0, 0.1) is 12.8 Å². The van der Waals surface area contributed by atoms with Gasteiger partial charge in [-0.05, 0) is 51.1 Å². The highest BCUT2D eigenvalue weighted by atomic mass is 32.2. The SMILES string of the molecule is [2H]C([2H])([2H])C1SC(C2CCCC2)[C@H](C)N1c1ccccc1C. The summed E-state index contributed by atoms with van der Waals surface area (Å²) >= 11 is 1.70. The fourth-order valence-electron chi connectivity index (χ4n) is 3.69. The van der Waals surface area contributed by atoms with Crippen molar-refractivity contribution in [1.82, 2.24) is 0 Å². The molecule has 2 aliphatic rings. The molecule has 3 rings (SSSR count). The number of anilines is 1. The first-order valence-electron chi connectivity index (χ1n) is 8.89. The third kappa shape index (κ3) is 2.40. The lowest BCUT2D eigenvalue weighted by atomic mass is 9.97. The van der Waals surface area contributed by atoms with Crippen LogP contribution in [0.15, 0.2) is 24.3 Å². The van der Waals surface area contributed by atoms with Crippen LogP contribution < -0.4 is 4.90 Å². The average molecular weight is 278 g/mol. The van der Waals surface area contributed by atoms with Gasteiger partial charge in [0, 0.05) is 21.1 Å². The van der Waals surface area contributed by atoms with Crippen molar-refractivity contribution in [2.24, 2.45) is 5.92 Å². The molecular formula is C17H25NS. The first-order valence-corrected chi connectivity index (χ1v) is 8.33. The predicted molar refractivity (Wildman–Crippen MR) is 85.9 cm³/mol. The summed E-state index contributed by atoms with van der Waals surface area (Å²) in [5, 5.41) is 0.0155. The molecule has 0 N–H and O–H groups in total. The summed E-state index contributed by atoms with van der Waals surface area (Å²) in [7, 11) is 0. The Morgan fingerprint density at radius 1 is 1.26 bits per heavy atom. The number of hydrogen-bond acceptors (Lipinski definition) is 2. The van der Waals surface area contributed by atoms with Crippen molar-refractivity contribution in [3.8, 4) is 0 Å². The second-order valence-corrected chi connectivity index (χ2v) is 7.19. The maximum atomic E-state index is 8.00. The summed E-state index contributed by atoms with van der Waals surface area (Å²) in [6, 6.07) is 8.46. The van der Waals surface area contributed by atoms with Gasteiger partial charge < -0.3 is 4.90 Å². The van der Waals surface area contributed by atoms with E-state index in [9.17, 15) is 0 Å². The van der Waals surface area contributed by atoms with E-state index in [2.05, 4.69) is 30.9 Å². The number of nitrogens with zero attached hydrogens (tertiary/aromatic N) is 1. The average Bonchev–Trinajstić information content (AvgIpc) is 3.06. The van der Waals surface area contributed by atoms with Gasteiger partial charge >= 0.3 is 0 Å². The predicted octanol–water partition coefficient (Wildman–Crippen LogP) is 4.84. The van der Waals surface area contributed by atoms with Gasteiger partial charge in [-0.15, -0.1) is 11.8 Å². The molecule has 2 heteroatoms. The van der Waals surface area contributed by atoms with Gasteiger partial charge in [0.05, 0.1) is 5.37 Å². The molecule has 104 valence electrons. The molecule has 0 bridgehead atoms. The maximum Gasteiger partial charge on any atom is 0.0729 e. The van der Waals surface area contributed by atoms with Crippen LogP contribution in [0.1, 0.15) is 49.1 Å². The van der Waals surface area contributed by atoms with Crippen LogP contribution in [0.2, 0.25) is 0 Å². The van der Waals surface area contributed by atoms with E-state index in [4.69, 9.17) is 4.11 Å². The molecule has 0 radical (unpaired) electrons. The molecule has 2 fully saturated rings. The van der Waals surface area contributed by atoms with Crippen LogP contribution in [-0.4, -0.2) is 16.7 Å². The Morgan fingerprint density at radius 3 is 2.68 bits per heavy atom. The second kappa shape index (κ2) is 5.40. The monoisotopic (exact) mass is 278 g/mol. The minimum absolute atomic E-state index is 0.277. The van der Waals surface area contributed by atoms with Gasteiger partial charge in [-0.1, -0.05) is 31.0 Å². The highest BCUT2D eigenvalue weighted by Crippen LogP contribution is 2.46. The van der Waals surface area contributed by atoms with Crippen molar-refractivity contribution in [1.29, 1.82) is 0 Å². The first kappa shape index (κ1) is 10.1. The molecule has 0 spiro atoms. The van der Waals surface area contributed by atoms with Crippen molar-refractivity contribution in [3.63, 3.8) is 0 Å². The van der Waals surface area contributed by atoms with Gasteiger partial charge in [-0.25, -0.2) is 0 Å². The van der Waals surface area contributed by atoms with E-state index < -0.39 is 12.2 Å². The van der Waals surface area contributed by atoms with E-state index in [0.29, 0.717) is 11.2 Å². The van der Waals surface area contributed by atoms with E-state index in [1.54, 1.807) is 11.8 Å². The molecule has 0 amide bonds. The molecular weight excluding hydrogens is 250 g/mol. The van der Waals surface area contributed by atoms with Crippen LogP contribution >= 0.6 is 11.8 Å². The van der Waals surface area contributed by atoms with Crippen molar-refractivity contribution in [2.45, 2.75) is 63.0 Å². The van der Waals surface area contributed by atoms with Crippen LogP contribution in [-0.2, 0) is 0 Å². The Balaban J connectivity index is 1.95. The Kier molecular flexibility index (Phi) is 2.88. The zero-order valence-electron chi connectivity index (χ0n) is 14.8. The summed E-state index contributed by atoms with van der Waals surface area (Å²) in [5.41, 5.74) is 2.25. The van der Waals surface area contributed by atoms with Crippen LogP contribution in [0.4, 0.5) is 5.69 Å². The third-order valence-corrected chi connectivity index (χ3v) is 6.29. The lowest BCUT2D eigenvalue weighted by molar-refractivity contribution is 0.472. The lowest BCUT2D eigenvalue weighted by Crippen LogP contribution is -2.38. The van der Waals surface area contributed by atoms with Gasteiger partial charge in [-0.3, -0.25) is 0 Å². The van der Waals surface area contributed by atoms with Gasteiger partial charge in [0.2, 0.25) is 0 Å². The van der Waals surface area contributed by atoms with Gasteiger partial charge in [0.25, 0.3) is 0 Å². The fraction of sp³-hybridized carbons (Fsp3) is 0.647. The van der Waals surface area contributed by atoms with Crippen LogP contribution in [0.5, 0.6) is 0 Å². The molecule has 3 atom stereocenters. The van der Waals surface area contributed by atoms with E-state index >= 15 is 0 Å². The molecule has 1 saturated carbocycles. The molecule has 1 aliphatic heterocycles. The number of para-hydroxylation sites is 1.